The normalized spacial score (nSPS) is 11.1. The van der Waals surface area contributed by atoms with Crippen molar-refractivity contribution in [1.82, 2.24) is 0 Å². The summed E-state index contributed by atoms with van der Waals surface area (Å²) in [7, 11) is 1.51. The Morgan fingerprint density at radius 2 is 1.57 bits per heavy atom. The molecule has 0 aliphatic carbocycles. The third-order valence-electron chi connectivity index (χ3n) is 3.62. The highest BCUT2D eigenvalue weighted by Gasteiger charge is 2.09. The van der Waals surface area contributed by atoms with E-state index in [2.05, 4.69) is 0 Å². The monoisotopic (exact) mass is 316 g/mol. The Balaban J connectivity index is 2.34. The van der Waals surface area contributed by atoms with E-state index >= 15 is 0 Å². The highest BCUT2D eigenvalue weighted by Crippen LogP contribution is 2.27. The average molecular weight is 316 g/mol. The summed E-state index contributed by atoms with van der Waals surface area (Å²) in [5, 5.41) is 37.6. The second-order valence-electron chi connectivity index (χ2n) is 5.06. The van der Waals surface area contributed by atoms with Crippen LogP contribution in [0.4, 0.5) is 0 Å². The van der Waals surface area contributed by atoms with Crippen LogP contribution in [0, 0.1) is 0 Å². The molecule has 122 valence electrons. The van der Waals surface area contributed by atoms with E-state index in [0.717, 1.165) is 11.1 Å². The third kappa shape index (κ3) is 3.90. The van der Waals surface area contributed by atoms with Crippen LogP contribution in [0.5, 0.6) is 11.5 Å². The van der Waals surface area contributed by atoms with Gasteiger partial charge in [-0.1, -0.05) is 24.3 Å². The predicted molar refractivity (Wildman–Crippen MR) is 87.8 cm³/mol. The van der Waals surface area contributed by atoms with Crippen LogP contribution in [0.1, 0.15) is 27.8 Å². The van der Waals surface area contributed by atoms with Crippen LogP contribution in [0.2, 0.25) is 0 Å². The molecule has 0 saturated heterocycles. The van der Waals surface area contributed by atoms with Crippen molar-refractivity contribution in [3.05, 3.63) is 58.1 Å². The fourth-order valence-corrected chi connectivity index (χ4v) is 2.34. The Hall–Kier alpha value is -2.34. The summed E-state index contributed by atoms with van der Waals surface area (Å²) < 4.78 is 5.25. The van der Waals surface area contributed by atoms with E-state index < -0.39 is 0 Å². The van der Waals surface area contributed by atoms with Gasteiger partial charge in [-0.25, -0.2) is 0 Å². The first-order valence-corrected chi connectivity index (χ1v) is 7.15. The van der Waals surface area contributed by atoms with Crippen LogP contribution in [0.15, 0.2) is 30.3 Å². The molecule has 0 aromatic heterocycles. The Morgan fingerprint density at radius 1 is 0.870 bits per heavy atom. The summed E-state index contributed by atoms with van der Waals surface area (Å²) in [4.78, 5) is 0. The van der Waals surface area contributed by atoms with Crippen molar-refractivity contribution >= 4 is 12.2 Å². The van der Waals surface area contributed by atoms with Crippen LogP contribution in [-0.2, 0) is 19.8 Å². The molecule has 0 unspecified atom stereocenters. The van der Waals surface area contributed by atoms with Crippen molar-refractivity contribution in [3.8, 4) is 11.5 Å². The second kappa shape index (κ2) is 7.78. The molecule has 4 N–H and O–H groups in total. The van der Waals surface area contributed by atoms with Gasteiger partial charge in [-0.2, -0.15) is 0 Å². The van der Waals surface area contributed by atoms with Gasteiger partial charge in [0.2, 0.25) is 0 Å². The zero-order valence-corrected chi connectivity index (χ0v) is 12.9. The molecule has 23 heavy (non-hydrogen) atoms. The highest BCUT2D eigenvalue weighted by molar-refractivity contribution is 5.72. The molecule has 5 heteroatoms. The number of methoxy groups -OCH3 is 1. The highest BCUT2D eigenvalue weighted by atomic mass is 16.5. The van der Waals surface area contributed by atoms with Crippen LogP contribution in [-0.4, -0.2) is 27.5 Å². The molecular weight excluding hydrogens is 296 g/mol. The zero-order valence-electron chi connectivity index (χ0n) is 12.9. The lowest BCUT2D eigenvalue weighted by Gasteiger charge is -2.12. The van der Waals surface area contributed by atoms with E-state index in [1.807, 2.05) is 6.08 Å². The molecule has 2 rings (SSSR count). The van der Waals surface area contributed by atoms with Gasteiger partial charge in [0, 0.05) is 11.1 Å². The van der Waals surface area contributed by atoms with Crippen molar-refractivity contribution < 1.29 is 25.2 Å². The fourth-order valence-electron chi connectivity index (χ4n) is 2.34. The molecule has 0 bridgehead atoms. The standard InChI is InChI=1S/C18H20O5/c1-23-18-8-13(6-15(10-20)16(18)11-21)3-2-12-4-5-14(9-19)17(22)7-12/h2-8,19-22H,9-11H2,1H3/b3-2-. The number of hydrogen-bond donors (Lipinski definition) is 4. The minimum absolute atomic E-state index is 0.0407. The van der Waals surface area contributed by atoms with Gasteiger partial charge in [0.15, 0.2) is 0 Å². The van der Waals surface area contributed by atoms with Crippen LogP contribution in [0.25, 0.3) is 12.2 Å². The summed E-state index contributed by atoms with van der Waals surface area (Å²) in [5.74, 6) is 0.552. The van der Waals surface area contributed by atoms with Gasteiger partial charge in [0.25, 0.3) is 0 Å². The van der Waals surface area contributed by atoms with Crippen LogP contribution < -0.4 is 4.74 Å². The summed E-state index contributed by atoms with van der Waals surface area (Å²) in [6.45, 7) is -0.616. The van der Waals surface area contributed by atoms with E-state index in [-0.39, 0.29) is 25.6 Å². The minimum Gasteiger partial charge on any atom is -0.508 e. The quantitative estimate of drug-likeness (QED) is 0.612. The summed E-state index contributed by atoms with van der Waals surface area (Å²) in [6, 6.07) is 8.54. The molecular formula is C18H20O5. The molecule has 2 aromatic carbocycles. The maximum atomic E-state index is 9.75. The molecule has 0 saturated carbocycles. The number of aliphatic hydroxyl groups is 3. The van der Waals surface area contributed by atoms with E-state index in [1.165, 1.54) is 7.11 Å². The number of aliphatic hydroxyl groups excluding tert-OH is 3. The maximum absolute atomic E-state index is 9.75. The van der Waals surface area contributed by atoms with Gasteiger partial charge in [0.1, 0.15) is 11.5 Å². The van der Waals surface area contributed by atoms with Crippen LogP contribution in [0.3, 0.4) is 0 Å². The largest absolute Gasteiger partial charge is 0.508 e. The average Bonchev–Trinajstić information content (AvgIpc) is 2.58. The van der Waals surface area contributed by atoms with Gasteiger partial charge >= 0.3 is 0 Å². The molecule has 0 amide bonds. The smallest absolute Gasteiger partial charge is 0.125 e. The first kappa shape index (κ1) is 17.0. The third-order valence-corrected chi connectivity index (χ3v) is 3.62. The van der Waals surface area contributed by atoms with E-state index in [9.17, 15) is 15.3 Å². The molecule has 0 atom stereocenters. The molecule has 0 aliphatic heterocycles. The SMILES string of the molecule is COc1cc(/C=C\c2ccc(CO)c(O)c2)cc(CO)c1CO. The Kier molecular flexibility index (Phi) is 5.76. The minimum atomic E-state index is -0.213. The molecule has 2 aromatic rings. The summed E-state index contributed by atoms with van der Waals surface area (Å²) >= 11 is 0. The number of phenols is 1. The number of rotatable bonds is 6. The van der Waals surface area contributed by atoms with E-state index in [0.29, 0.717) is 22.4 Å². The second-order valence-corrected chi connectivity index (χ2v) is 5.06. The maximum Gasteiger partial charge on any atom is 0.125 e. The number of benzene rings is 2. The van der Waals surface area contributed by atoms with E-state index in [4.69, 9.17) is 9.84 Å². The Morgan fingerprint density at radius 3 is 2.13 bits per heavy atom. The van der Waals surface area contributed by atoms with Crippen molar-refractivity contribution in [1.29, 1.82) is 0 Å². The van der Waals surface area contributed by atoms with Gasteiger partial charge in [-0.15, -0.1) is 0 Å². The van der Waals surface area contributed by atoms with Crippen molar-refractivity contribution in [2.45, 2.75) is 19.8 Å². The number of hydrogen-bond acceptors (Lipinski definition) is 5. The predicted octanol–water partition coefficient (Wildman–Crippen LogP) is 2.05. The van der Waals surface area contributed by atoms with Gasteiger partial charge in [-0.05, 0) is 34.9 Å². The Labute approximate surface area is 134 Å². The zero-order chi connectivity index (χ0) is 16.8. The lowest BCUT2D eigenvalue weighted by molar-refractivity contribution is 0.254. The topological polar surface area (TPSA) is 90.2 Å². The first-order valence-electron chi connectivity index (χ1n) is 7.15. The lowest BCUT2D eigenvalue weighted by atomic mass is 10.0. The molecule has 0 radical (unpaired) electrons. The van der Waals surface area contributed by atoms with Gasteiger partial charge < -0.3 is 25.2 Å². The molecule has 0 heterocycles. The molecule has 5 nitrogen and oxygen atoms in total. The summed E-state index contributed by atoms with van der Waals surface area (Å²) in [5.41, 5.74) is 3.21. The first-order chi connectivity index (χ1) is 11.1. The van der Waals surface area contributed by atoms with Crippen molar-refractivity contribution in [2.75, 3.05) is 7.11 Å². The van der Waals surface area contributed by atoms with Crippen molar-refractivity contribution in [3.63, 3.8) is 0 Å². The lowest BCUT2D eigenvalue weighted by Crippen LogP contribution is -1.99. The molecule has 0 spiro atoms. The van der Waals surface area contributed by atoms with Gasteiger partial charge in [-0.3, -0.25) is 0 Å². The van der Waals surface area contributed by atoms with Crippen LogP contribution >= 0.6 is 0 Å². The summed E-state index contributed by atoms with van der Waals surface area (Å²) in [6.07, 6.45) is 3.62. The van der Waals surface area contributed by atoms with E-state index in [1.54, 1.807) is 36.4 Å². The molecule has 0 fully saturated rings. The number of ether oxygens (including phenoxy) is 1. The van der Waals surface area contributed by atoms with Gasteiger partial charge in [0.05, 0.1) is 26.9 Å². The number of aromatic hydroxyl groups is 1. The van der Waals surface area contributed by atoms with Crippen molar-refractivity contribution in [2.24, 2.45) is 0 Å². The fraction of sp³-hybridized carbons (Fsp3) is 0.222. The molecule has 0 aliphatic rings. The Bertz CT molecular complexity index is 682.